The van der Waals surface area contributed by atoms with E-state index < -0.39 is 11.8 Å². The van der Waals surface area contributed by atoms with Gasteiger partial charge in [0.1, 0.15) is 0 Å². The van der Waals surface area contributed by atoms with Gasteiger partial charge in [0, 0.05) is 11.1 Å². The molecule has 3 aromatic rings. The molecule has 6 heteroatoms. The van der Waals surface area contributed by atoms with E-state index in [1.807, 2.05) is 24.3 Å². The highest BCUT2D eigenvalue weighted by molar-refractivity contribution is 6.29. The van der Waals surface area contributed by atoms with E-state index in [1.165, 1.54) is 12.5 Å². The molecular weight excluding hydrogens is 332 g/mol. The average molecular weight is 344 g/mol. The Hall–Kier alpha value is -3.80. The van der Waals surface area contributed by atoms with Gasteiger partial charge in [-0.15, -0.1) is 0 Å². The normalized spacial score (nSPS) is 16.0. The highest BCUT2D eigenvalue weighted by Gasteiger charge is 2.19. The molecule has 0 aliphatic heterocycles. The number of hydrogen-bond acceptors (Lipinski definition) is 4. The Morgan fingerprint density at radius 1 is 0.654 bits per heavy atom. The largest absolute Gasteiger partial charge is 0.459 e. The van der Waals surface area contributed by atoms with Gasteiger partial charge in [0.2, 0.25) is 0 Å². The van der Waals surface area contributed by atoms with E-state index in [2.05, 4.69) is 9.98 Å². The van der Waals surface area contributed by atoms with Gasteiger partial charge in [0.15, 0.2) is 11.5 Å². The fourth-order valence-corrected chi connectivity index (χ4v) is 2.59. The number of carbonyl (C=O) groups is 2. The molecule has 0 saturated heterocycles. The molecule has 0 saturated carbocycles. The second-order valence-corrected chi connectivity index (χ2v) is 5.44. The van der Waals surface area contributed by atoms with Crippen LogP contribution < -0.4 is 0 Å². The highest BCUT2D eigenvalue weighted by atomic mass is 16.3. The Kier molecular flexibility index (Phi) is 3.99. The van der Waals surface area contributed by atoms with Crippen LogP contribution in [0.2, 0.25) is 0 Å². The molecule has 2 heterocycles. The van der Waals surface area contributed by atoms with Gasteiger partial charge in [0.05, 0.1) is 23.9 Å². The molecule has 0 spiro atoms. The standard InChI is InChI=1S/C20H12N2O4/c23-19(17-7-3-11-25-17)21-15-9-10-16(14-6-2-1-5-13(14)15)22-20(24)18-8-4-12-26-18/h1-12H. The third-order valence-electron chi connectivity index (χ3n) is 3.79. The van der Waals surface area contributed by atoms with Crippen molar-refractivity contribution in [2.24, 2.45) is 9.98 Å². The molecule has 0 radical (unpaired) electrons. The highest BCUT2D eigenvalue weighted by Crippen LogP contribution is 2.19. The number of nitrogens with zero attached hydrogens (tertiary/aromatic N) is 2. The van der Waals surface area contributed by atoms with Crippen molar-refractivity contribution in [3.05, 3.63) is 95.9 Å². The van der Waals surface area contributed by atoms with Gasteiger partial charge in [-0.25, -0.2) is 9.98 Å². The summed E-state index contributed by atoms with van der Waals surface area (Å²) in [5.41, 5.74) is 2.37. The molecule has 0 atom stereocenters. The van der Waals surface area contributed by atoms with Crippen LogP contribution in [0.1, 0.15) is 32.2 Å². The van der Waals surface area contributed by atoms with E-state index in [4.69, 9.17) is 8.83 Å². The summed E-state index contributed by atoms with van der Waals surface area (Å²) in [6.07, 6.45) is 6.14. The monoisotopic (exact) mass is 344 g/mol. The van der Waals surface area contributed by atoms with Crippen LogP contribution in [0, 0.1) is 0 Å². The molecule has 0 bridgehead atoms. The summed E-state index contributed by atoms with van der Waals surface area (Å²) in [4.78, 5) is 32.6. The molecule has 126 valence electrons. The number of rotatable bonds is 2. The SMILES string of the molecule is O=C(N=C1C=CC(=NC(=O)c2ccco2)c2ccccc21)c1ccco1. The first-order chi connectivity index (χ1) is 12.7. The first kappa shape index (κ1) is 15.7. The lowest BCUT2D eigenvalue weighted by Gasteiger charge is -2.14. The van der Waals surface area contributed by atoms with E-state index in [1.54, 1.807) is 36.4 Å². The van der Waals surface area contributed by atoms with Gasteiger partial charge >= 0.3 is 11.8 Å². The summed E-state index contributed by atoms with van der Waals surface area (Å²) in [5.74, 6) is -0.625. The maximum atomic E-state index is 12.2. The van der Waals surface area contributed by atoms with Crippen LogP contribution in [-0.4, -0.2) is 23.2 Å². The predicted molar refractivity (Wildman–Crippen MR) is 94.7 cm³/mol. The van der Waals surface area contributed by atoms with Gasteiger partial charge in [-0.3, -0.25) is 9.59 Å². The number of aliphatic imine (C=N–C) groups is 2. The summed E-state index contributed by atoms with van der Waals surface area (Å²) in [7, 11) is 0. The van der Waals surface area contributed by atoms with E-state index in [0.717, 1.165) is 0 Å². The van der Waals surface area contributed by atoms with Crippen LogP contribution in [0.4, 0.5) is 0 Å². The number of benzene rings is 1. The minimum absolute atomic E-state index is 0.163. The quantitative estimate of drug-likeness (QED) is 0.709. The van der Waals surface area contributed by atoms with Crippen molar-refractivity contribution in [2.75, 3.05) is 0 Å². The number of amides is 2. The third-order valence-corrected chi connectivity index (χ3v) is 3.79. The minimum Gasteiger partial charge on any atom is -0.459 e. The Labute approximate surface area is 148 Å². The predicted octanol–water partition coefficient (Wildman–Crippen LogP) is 3.70. The summed E-state index contributed by atoms with van der Waals surface area (Å²) in [5, 5.41) is 0. The van der Waals surface area contributed by atoms with Crippen LogP contribution in [0.3, 0.4) is 0 Å². The maximum absolute atomic E-state index is 12.2. The van der Waals surface area contributed by atoms with Crippen molar-refractivity contribution in [3.63, 3.8) is 0 Å². The third kappa shape index (κ3) is 2.95. The van der Waals surface area contributed by atoms with Crippen LogP contribution in [-0.2, 0) is 0 Å². The first-order valence-corrected chi connectivity index (χ1v) is 7.83. The molecule has 4 rings (SSSR count). The smallest absolute Gasteiger partial charge is 0.313 e. The molecule has 6 nitrogen and oxygen atoms in total. The van der Waals surface area contributed by atoms with E-state index in [-0.39, 0.29) is 11.5 Å². The molecule has 1 aliphatic rings. The van der Waals surface area contributed by atoms with Crippen LogP contribution in [0.5, 0.6) is 0 Å². The van der Waals surface area contributed by atoms with Crippen molar-refractivity contribution >= 4 is 23.2 Å². The zero-order chi connectivity index (χ0) is 17.9. The van der Waals surface area contributed by atoms with Crippen molar-refractivity contribution in [1.29, 1.82) is 0 Å². The van der Waals surface area contributed by atoms with Gasteiger partial charge < -0.3 is 8.83 Å². The maximum Gasteiger partial charge on any atom is 0.313 e. The lowest BCUT2D eigenvalue weighted by Crippen LogP contribution is -2.15. The van der Waals surface area contributed by atoms with Crippen molar-refractivity contribution in [2.45, 2.75) is 0 Å². The van der Waals surface area contributed by atoms with E-state index in [0.29, 0.717) is 22.6 Å². The van der Waals surface area contributed by atoms with Crippen LogP contribution in [0.25, 0.3) is 0 Å². The molecule has 2 amide bonds. The molecule has 2 aromatic heterocycles. The van der Waals surface area contributed by atoms with Crippen molar-refractivity contribution in [3.8, 4) is 0 Å². The van der Waals surface area contributed by atoms with Gasteiger partial charge in [0.25, 0.3) is 0 Å². The second-order valence-electron chi connectivity index (χ2n) is 5.44. The number of carbonyl (C=O) groups excluding carboxylic acids is 2. The lowest BCUT2D eigenvalue weighted by atomic mass is 9.93. The Morgan fingerprint density at radius 2 is 1.12 bits per heavy atom. The number of allylic oxidation sites excluding steroid dienone is 2. The molecule has 26 heavy (non-hydrogen) atoms. The first-order valence-electron chi connectivity index (χ1n) is 7.83. The van der Waals surface area contributed by atoms with Crippen molar-refractivity contribution in [1.82, 2.24) is 0 Å². The summed E-state index contributed by atoms with van der Waals surface area (Å²) in [6.45, 7) is 0. The van der Waals surface area contributed by atoms with Crippen LogP contribution in [0.15, 0.2) is 92.0 Å². The van der Waals surface area contributed by atoms with Crippen LogP contribution >= 0.6 is 0 Å². The summed E-state index contributed by atoms with van der Waals surface area (Å²) >= 11 is 0. The Morgan fingerprint density at radius 3 is 1.50 bits per heavy atom. The van der Waals surface area contributed by atoms with Gasteiger partial charge in [-0.2, -0.15) is 0 Å². The summed E-state index contributed by atoms with van der Waals surface area (Å²) in [6, 6.07) is 13.7. The fraction of sp³-hybridized carbons (Fsp3) is 0. The van der Waals surface area contributed by atoms with Gasteiger partial charge in [-0.1, -0.05) is 24.3 Å². The number of fused-ring (bicyclic) bond motifs is 1. The molecule has 0 unspecified atom stereocenters. The lowest BCUT2D eigenvalue weighted by molar-refractivity contribution is 0.0969. The zero-order valence-corrected chi connectivity index (χ0v) is 13.5. The topological polar surface area (TPSA) is 85.1 Å². The summed E-state index contributed by atoms with van der Waals surface area (Å²) < 4.78 is 10.2. The molecular formula is C20H12N2O4. The van der Waals surface area contributed by atoms with Gasteiger partial charge in [-0.05, 0) is 36.4 Å². The molecule has 0 fully saturated rings. The minimum atomic E-state index is -0.475. The molecule has 0 N–H and O–H groups in total. The van der Waals surface area contributed by atoms with E-state index in [9.17, 15) is 9.59 Å². The number of hydrogen-bond donors (Lipinski definition) is 0. The Balaban J connectivity index is 1.72. The zero-order valence-electron chi connectivity index (χ0n) is 13.5. The second kappa shape index (κ2) is 6.60. The Bertz CT molecular complexity index is 970. The molecule has 1 aromatic carbocycles. The average Bonchev–Trinajstić information content (AvgIpc) is 3.37. The fourth-order valence-electron chi connectivity index (χ4n) is 2.59. The van der Waals surface area contributed by atoms with Crippen molar-refractivity contribution < 1.29 is 18.4 Å². The van der Waals surface area contributed by atoms with E-state index >= 15 is 0 Å². The molecule has 1 aliphatic carbocycles. The number of furan rings is 2.